The van der Waals surface area contributed by atoms with Crippen molar-refractivity contribution < 1.29 is 4.79 Å². The van der Waals surface area contributed by atoms with Gasteiger partial charge < -0.3 is 5.32 Å². The molecule has 2 N–H and O–H groups in total. The Balaban J connectivity index is 1.77. The zero-order chi connectivity index (χ0) is 19.8. The second-order valence-electron chi connectivity index (χ2n) is 7.83. The summed E-state index contributed by atoms with van der Waals surface area (Å²) >= 11 is 13.4. The van der Waals surface area contributed by atoms with Gasteiger partial charge in [0.15, 0.2) is 0 Å². The van der Waals surface area contributed by atoms with Crippen LogP contribution in [0.1, 0.15) is 43.2 Å². The van der Waals surface area contributed by atoms with E-state index in [2.05, 4.69) is 37.5 Å². The molecule has 1 aromatic carbocycles. The van der Waals surface area contributed by atoms with Crippen LogP contribution in [0.15, 0.2) is 18.2 Å². The van der Waals surface area contributed by atoms with E-state index in [9.17, 15) is 10.1 Å². The van der Waals surface area contributed by atoms with E-state index in [4.69, 9.17) is 23.2 Å². The molecule has 2 aromatic rings. The molecule has 0 saturated carbocycles. The van der Waals surface area contributed by atoms with Gasteiger partial charge in [0.05, 0.1) is 15.6 Å². The summed E-state index contributed by atoms with van der Waals surface area (Å²) in [6, 6.07) is 6.75. The molecule has 1 heterocycles. The maximum atomic E-state index is 12.4. The molecule has 0 aliphatic heterocycles. The van der Waals surface area contributed by atoms with Crippen LogP contribution in [0.5, 0.6) is 0 Å². The number of hydrogen-bond donors (Lipinski definition) is 2. The van der Waals surface area contributed by atoms with Crippen molar-refractivity contribution in [2.45, 2.75) is 40.0 Å². The fourth-order valence-corrected chi connectivity index (χ4v) is 4.94. The molecule has 3 rings (SSSR count). The van der Waals surface area contributed by atoms with Crippen LogP contribution in [0, 0.1) is 22.7 Å². The molecule has 0 fully saturated rings. The molecule has 1 aliphatic carbocycles. The molecule has 4 nitrogen and oxygen atoms in total. The van der Waals surface area contributed by atoms with E-state index in [1.165, 1.54) is 16.2 Å². The first-order valence-electron chi connectivity index (χ1n) is 8.76. The van der Waals surface area contributed by atoms with Crippen molar-refractivity contribution in [1.29, 1.82) is 5.26 Å². The molecular weight excluding hydrogens is 401 g/mol. The van der Waals surface area contributed by atoms with Gasteiger partial charge in [-0.15, -0.1) is 11.3 Å². The number of amides is 2. The molecule has 142 valence electrons. The molecule has 0 unspecified atom stereocenters. The summed E-state index contributed by atoms with van der Waals surface area (Å²) in [5.41, 5.74) is 2.45. The standard InChI is InChI=1S/C20H21Cl2N3OS/c1-20(2,3)11-4-6-13-14(10-23)18(27-17(13)8-11)25-19(26)24-12-5-7-15(21)16(22)9-12/h5,7,9,11H,4,6,8H2,1-3H3,(H2,24,25,26)/t11-/m0/s1. The number of nitrogens with one attached hydrogen (secondary N) is 2. The van der Waals surface area contributed by atoms with Gasteiger partial charge in [0.1, 0.15) is 11.1 Å². The number of thiophene rings is 1. The van der Waals surface area contributed by atoms with Crippen LogP contribution in [-0.2, 0) is 12.8 Å². The van der Waals surface area contributed by atoms with Crippen molar-refractivity contribution in [2.75, 3.05) is 10.6 Å². The van der Waals surface area contributed by atoms with Gasteiger partial charge in [0.25, 0.3) is 0 Å². The van der Waals surface area contributed by atoms with E-state index in [0.717, 1.165) is 24.8 Å². The predicted octanol–water partition coefficient (Wildman–Crippen LogP) is 6.72. The van der Waals surface area contributed by atoms with E-state index in [1.54, 1.807) is 18.2 Å². The second kappa shape index (κ2) is 7.71. The lowest BCUT2D eigenvalue weighted by Crippen LogP contribution is -2.26. The highest BCUT2D eigenvalue weighted by Crippen LogP contribution is 2.44. The second-order valence-corrected chi connectivity index (χ2v) is 9.75. The fourth-order valence-electron chi connectivity index (χ4n) is 3.37. The normalized spacial score (nSPS) is 16.4. The van der Waals surface area contributed by atoms with Crippen LogP contribution in [0.4, 0.5) is 15.5 Å². The van der Waals surface area contributed by atoms with Crippen molar-refractivity contribution in [3.63, 3.8) is 0 Å². The number of anilines is 2. The smallest absolute Gasteiger partial charge is 0.308 e. The highest BCUT2D eigenvalue weighted by Gasteiger charge is 2.32. The van der Waals surface area contributed by atoms with Gasteiger partial charge in [-0.05, 0) is 54.4 Å². The topological polar surface area (TPSA) is 64.9 Å². The summed E-state index contributed by atoms with van der Waals surface area (Å²) in [6.45, 7) is 6.77. The third-order valence-corrected chi connectivity index (χ3v) is 6.92. The molecule has 7 heteroatoms. The Morgan fingerprint density at radius 2 is 2.00 bits per heavy atom. The maximum Gasteiger partial charge on any atom is 0.324 e. The number of rotatable bonds is 2. The lowest BCUT2D eigenvalue weighted by atomic mass is 9.72. The van der Waals surface area contributed by atoms with Crippen molar-refractivity contribution >= 4 is 51.3 Å². The van der Waals surface area contributed by atoms with Gasteiger partial charge >= 0.3 is 6.03 Å². The number of carbonyl (C=O) groups excluding carboxylic acids is 1. The molecule has 0 bridgehead atoms. The number of benzene rings is 1. The first-order chi connectivity index (χ1) is 12.7. The van der Waals surface area contributed by atoms with Crippen LogP contribution < -0.4 is 10.6 Å². The number of nitrogens with zero attached hydrogens (tertiary/aromatic N) is 1. The molecule has 1 atom stereocenters. The Bertz CT molecular complexity index is 925. The Kier molecular flexibility index (Phi) is 5.71. The molecule has 1 aliphatic rings. The van der Waals surface area contributed by atoms with Crippen LogP contribution in [-0.4, -0.2) is 6.03 Å². The summed E-state index contributed by atoms with van der Waals surface area (Å²) in [5.74, 6) is 0.577. The summed E-state index contributed by atoms with van der Waals surface area (Å²) < 4.78 is 0. The molecule has 27 heavy (non-hydrogen) atoms. The quantitative estimate of drug-likeness (QED) is 0.564. The SMILES string of the molecule is CC(C)(C)[C@H]1CCc2c(sc(NC(=O)Nc3ccc(Cl)c(Cl)c3)c2C#N)C1. The Morgan fingerprint density at radius 1 is 1.26 bits per heavy atom. The first kappa shape index (κ1) is 20.0. The highest BCUT2D eigenvalue weighted by atomic mass is 35.5. The van der Waals surface area contributed by atoms with Crippen molar-refractivity contribution in [3.05, 3.63) is 44.2 Å². The van der Waals surface area contributed by atoms with Crippen molar-refractivity contribution in [1.82, 2.24) is 0 Å². The number of carbonyl (C=O) groups is 1. The summed E-state index contributed by atoms with van der Waals surface area (Å²) in [6.07, 6.45) is 2.90. The largest absolute Gasteiger partial charge is 0.324 e. The number of hydrogen-bond acceptors (Lipinski definition) is 3. The minimum atomic E-state index is -0.407. The minimum Gasteiger partial charge on any atom is -0.308 e. The molecular formula is C20H21Cl2N3OS. The lowest BCUT2D eigenvalue weighted by molar-refractivity contribution is 0.218. The Morgan fingerprint density at radius 3 is 2.63 bits per heavy atom. The number of fused-ring (bicyclic) bond motifs is 1. The van der Waals surface area contributed by atoms with Crippen LogP contribution in [0.25, 0.3) is 0 Å². The minimum absolute atomic E-state index is 0.229. The Hall–Kier alpha value is -1.74. The Labute approximate surface area is 173 Å². The third-order valence-electron chi connectivity index (χ3n) is 5.01. The fraction of sp³-hybridized carbons (Fsp3) is 0.400. The van der Waals surface area contributed by atoms with Crippen molar-refractivity contribution in [2.24, 2.45) is 11.3 Å². The summed E-state index contributed by atoms with van der Waals surface area (Å²) in [4.78, 5) is 13.6. The molecule has 0 radical (unpaired) electrons. The van der Waals surface area contributed by atoms with Gasteiger partial charge in [-0.3, -0.25) is 5.32 Å². The van der Waals surface area contributed by atoms with E-state index in [0.29, 0.717) is 32.2 Å². The number of nitriles is 1. The van der Waals surface area contributed by atoms with E-state index in [-0.39, 0.29) is 5.41 Å². The molecule has 0 spiro atoms. The van der Waals surface area contributed by atoms with Gasteiger partial charge in [-0.2, -0.15) is 5.26 Å². The third kappa shape index (κ3) is 4.40. The van der Waals surface area contributed by atoms with Crippen LogP contribution >= 0.6 is 34.5 Å². The van der Waals surface area contributed by atoms with Gasteiger partial charge in [0.2, 0.25) is 0 Å². The first-order valence-corrected chi connectivity index (χ1v) is 10.3. The number of urea groups is 1. The average Bonchev–Trinajstić information content (AvgIpc) is 2.93. The van der Waals surface area contributed by atoms with Gasteiger partial charge in [-0.1, -0.05) is 44.0 Å². The summed E-state index contributed by atoms with van der Waals surface area (Å²) in [5, 5.41) is 16.6. The molecule has 2 amide bonds. The van der Waals surface area contributed by atoms with Crippen molar-refractivity contribution in [3.8, 4) is 6.07 Å². The van der Waals surface area contributed by atoms with E-state index in [1.807, 2.05) is 0 Å². The van der Waals surface area contributed by atoms with Gasteiger partial charge in [0, 0.05) is 10.6 Å². The van der Waals surface area contributed by atoms with Crippen LogP contribution in [0.3, 0.4) is 0 Å². The van der Waals surface area contributed by atoms with Crippen LogP contribution in [0.2, 0.25) is 10.0 Å². The zero-order valence-electron chi connectivity index (χ0n) is 15.5. The maximum absolute atomic E-state index is 12.4. The van der Waals surface area contributed by atoms with E-state index < -0.39 is 6.03 Å². The zero-order valence-corrected chi connectivity index (χ0v) is 17.8. The molecule has 0 saturated heterocycles. The van der Waals surface area contributed by atoms with E-state index >= 15 is 0 Å². The summed E-state index contributed by atoms with van der Waals surface area (Å²) in [7, 11) is 0. The highest BCUT2D eigenvalue weighted by molar-refractivity contribution is 7.16. The van der Waals surface area contributed by atoms with Gasteiger partial charge in [-0.25, -0.2) is 4.79 Å². The monoisotopic (exact) mass is 421 g/mol. The lowest BCUT2D eigenvalue weighted by Gasteiger charge is -2.33. The molecule has 1 aromatic heterocycles. The number of halogens is 2. The average molecular weight is 422 g/mol. The predicted molar refractivity (Wildman–Crippen MR) is 113 cm³/mol.